The van der Waals surface area contributed by atoms with Gasteiger partial charge in [-0.3, -0.25) is 4.79 Å². The average Bonchev–Trinajstić information content (AvgIpc) is 2.73. The Bertz CT molecular complexity index is 578. The standard InChI is InChI=1S/C13H15ClN2O2/c1-8-3-9-5-12(18-2)10(4-11(9)16-8)7-15-13(17)6-14/h3-5,16H,6-7H2,1-2H3,(H,15,17). The molecule has 2 N–H and O–H groups in total. The minimum atomic E-state index is -0.193. The molecule has 0 bridgehead atoms. The van der Waals surface area contributed by atoms with Gasteiger partial charge >= 0.3 is 0 Å². The molecular formula is C13H15ClN2O2. The van der Waals surface area contributed by atoms with Crippen molar-refractivity contribution in [1.82, 2.24) is 10.3 Å². The van der Waals surface area contributed by atoms with E-state index in [0.29, 0.717) is 6.54 Å². The molecule has 0 saturated heterocycles. The van der Waals surface area contributed by atoms with Crippen LogP contribution in [-0.2, 0) is 11.3 Å². The second-order valence-electron chi connectivity index (χ2n) is 4.11. The summed E-state index contributed by atoms with van der Waals surface area (Å²) in [4.78, 5) is 14.4. The Morgan fingerprint density at radius 2 is 2.22 bits per heavy atom. The van der Waals surface area contributed by atoms with Gasteiger partial charge in [0.05, 0.1) is 7.11 Å². The maximum Gasteiger partial charge on any atom is 0.235 e. The van der Waals surface area contributed by atoms with Gasteiger partial charge < -0.3 is 15.0 Å². The molecule has 96 valence electrons. The number of ether oxygens (including phenoxy) is 1. The summed E-state index contributed by atoms with van der Waals surface area (Å²) in [5.41, 5.74) is 3.04. The van der Waals surface area contributed by atoms with E-state index >= 15 is 0 Å². The zero-order valence-electron chi connectivity index (χ0n) is 10.3. The molecule has 1 heterocycles. The number of H-pyrrole nitrogens is 1. The van der Waals surface area contributed by atoms with Gasteiger partial charge in [0, 0.05) is 28.7 Å². The Kier molecular flexibility index (Phi) is 3.77. The highest BCUT2D eigenvalue weighted by atomic mass is 35.5. The number of nitrogens with one attached hydrogen (secondary N) is 2. The Labute approximate surface area is 110 Å². The quantitative estimate of drug-likeness (QED) is 0.835. The molecule has 0 atom stereocenters. The predicted molar refractivity (Wildman–Crippen MR) is 72.2 cm³/mol. The lowest BCUT2D eigenvalue weighted by Gasteiger charge is -2.09. The molecule has 18 heavy (non-hydrogen) atoms. The van der Waals surface area contributed by atoms with Gasteiger partial charge in [-0.1, -0.05) is 0 Å². The molecule has 4 nitrogen and oxygen atoms in total. The van der Waals surface area contributed by atoms with Gasteiger partial charge in [0.1, 0.15) is 11.6 Å². The maximum absolute atomic E-state index is 11.2. The van der Waals surface area contributed by atoms with Crippen molar-refractivity contribution < 1.29 is 9.53 Å². The van der Waals surface area contributed by atoms with Gasteiger partial charge in [-0.05, 0) is 25.1 Å². The fourth-order valence-electron chi connectivity index (χ4n) is 1.92. The number of rotatable bonds is 4. The van der Waals surface area contributed by atoms with E-state index in [1.54, 1.807) is 7.11 Å². The minimum Gasteiger partial charge on any atom is -0.496 e. The SMILES string of the molecule is COc1cc2cc(C)[nH]c2cc1CNC(=O)CCl. The number of benzene rings is 1. The summed E-state index contributed by atoms with van der Waals surface area (Å²) in [5, 5.41) is 3.82. The smallest absolute Gasteiger partial charge is 0.235 e. The van der Waals surface area contributed by atoms with Crippen LogP contribution in [0.3, 0.4) is 0 Å². The van der Waals surface area contributed by atoms with Crippen molar-refractivity contribution in [1.29, 1.82) is 0 Å². The van der Waals surface area contributed by atoms with Crippen LogP contribution in [0, 0.1) is 6.92 Å². The molecule has 1 aromatic carbocycles. The Hall–Kier alpha value is -1.68. The average molecular weight is 267 g/mol. The number of carbonyl (C=O) groups excluding carboxylic acids is 1. The summed E-state index contributed by atoms with van der Waals surface area (Å²) in [6.07, 6.45) is 0. The molecule has 0 aliphatic rings. The number of aromatic nitrogens is 1. The first kappa shape index (κ1) is 12.8. The van der Waals surface area contributed by atoms with Gasteiger partial charge in [-0.15, -0.1) is 11.6 Å². The molecule has 0 radical (unpaired) electrons. The van der Waals surface area contributed by atoms with Crippen LogP contribution in [0.25, 0.3) is 10.9 Å². The number of hydrogen-bond donors (Lipinski definition) is 2. The number of hydrogen-bond acceptors (Lipinski definition) is 2. The lowest BCUT2D eigenvalue weighted by molar-refractivity contribution is -0.118. The Morgan fingerprint density at radius 1 is 1.44 bits per heavy atom. The van der Waals surface area contributed by atoms with Crippen LogP contribution in [0.15, 0.2) is 18.2 Å². The molecule has 5 heteroatoms. The van der Waals surface area contributed by atoms with Crippen molar-refractivity contribution >= 4 is 28.4 Å². The number of alkyl halides is 1. The van der Waals surface area contributed by atoms with Gasteiger partial charge in [0.25, 0.3) is 0 Å². The first-order chi connectivity index (χ1) is 8.63. The Morgan fingerprint density at radius 3 is 2.89 bits per heavy atom. The lowest BCUT2D eigenvalue weighted by atomic mass is 10.1. The highest BCUT2D eigenvalue weighted by Crippen LogP contribution is 2.26. The molecule has 0 aliphatic carbocycles. The van der Waals surface area contributed by atoms with E-state index in [2.05, 4.69) is 16.4 Å². The van der Waals surface area contributed by atoms with Crippen molar-refractivity contribution in [3.63, 3.8) is 0 Å². The normalized spacial score (nSPS) is 10.6. The molecule has 0 fully saturated rings. The second kappa shape index (κ2) is 5.31. The summed E-state index contributed by atoms with van der Waals surface area (Å²) >= 11 is 5.44. The van der Waals surface area contributed by atoms with E-state index in [1.807, 2.05) is 19.1 Å². The topological polar surface area (TPSA) is 54.1 Å². The summed E-state index contributed by atoms with van der Waals surface area (Å²) in [6, 6.07) is 6.00. The molecule has 0 saturated carbocycles. The number of fused-ring (bicyclic) bond motifs is 1. The zero-order chi connectivity index (χ0) is 13.1. The van der Waals surface area contributed by atoms with Gasteiger partial charge in [0.2, 0.25) is 5.91 Å². The molecule has 0 aliphatic heterocycles. The first-order valence-corrected chi connectivity index (χ1v) is 6.16. The number of aromatic amines is 1. The van der Waals surface area contributed by atoms with Gasteiger partial charge in [-0.2, -0.15) is 0 Å². The van der Waals surface area contributed by atoms with Gasteiger partial charge in [-0.25, -0.2) is 0 Å². The lowest BCUT2D eigenvalue weighted by Crippen LogP contribution is -2.23. The number of aryl methyl sites for hydroxylation is 1. The van der Waals surface area contributed by atoms with Gasteiger partial charge in [0.15, 0.2) is 0 Å². The summed E-state index contributed by atoms with van der Waals surface area (Å²) in [7, 11) is 1.62. The van der Waals surface area contributed by atoms with Crippen LogP contribution in [-0.4, -0.2) is 23.9 Å². The summed E-state index contributed by atoms with van der Waals surface area (Å²) in [5.74, 6) is 0.532. The fourth-order valence-corrected chi connectivity index (χ4v) is 2.01. The van der Waals surface area contributed by atoms with Crippen molar-refractivity contribution in [3.05, 3.63) is 29.5 Å². The molecule has 1 amide bonds. The van der Waals surface area contributed by atoms with Crippen LogP contribution in [0.4, 0.5) is 0 Å². The predicted octanol–water partition coefficient (Wildman–Crippen LogP) is 2.34. The van der Waals surface area contributed by atoms with E-state index < -0.39 is 0 Å². The van der Waals surface area contributed by atoms with Crippen molar-refractivity contribution in [2.75, 3.05) is 13.0 Å². The largest absolute Gasteiger partial charge is 0.496 e. The third-order valence-electron chi connectivity index (χ3n) is 2.75. The van der Waals surface area contributed by atoms with E-state index in [-0.39, 0.29) is 11.8 Å². The van der Waals surface area contributed by atoms with Crippen LogP contribution >= 0.6 is 11.6 Å². The number of methoxy groups -OCH3 is 1. The highest BCUT2D eigenvalue weighted by Gasteiger charge is 2.08. The summed E-state index contributed by atoms with van der Waals surface area (Å²) in [6.45, 7) is 2.41. The zero-order valence-corrected chi connectivity index (χ0v) is 11.1. The molecule has 2 rings (SSSR count). The molecule has 0 unspecified atom stereocenters. The van der Waals surface area contributed by atoms with E-state index in [9.17, 15) is 4.79 Å². The summed E-state index contributed by atoms with van der Waals surface area (Å²) < 4.78 is 5.33. The van der Waals surface area contributed by atoms with Crippen LogP contribution in [0.1, 0.15) is 11.3 Å². The van der Waals surface area contributed by atoms with Crippen LogP contribution in [0.2, 0.25) is 0 Å². The van der Waals surface area contributed by atoms with Crippen molar-refractivity contribution in [2.24, 2.45) is 0 Å². The fraction of sp³-hybridized carbons (Fsp3) is 0.308. The minimum absolute atomic E-state index is 0.0355. The van der Waals surface area contributed by atoms with E-state index in [0.717, 1.165) is 27.9 Å². The number of halogens is 1. The van der Waals surface area contributed by atoms with Crippen molar-refractivity contribution in [2.45, 2.75) is 13.5 Å². The van der Waals surface area contributed by atoms with E-state index in [1.165, 1.54) is 0 Å². The maximum atomic E-state index is 11.2. The molecule has 2 aromatic rings. The number of carbonyl (C=O) groups is 1. The van der Waals surface area contributed by atoms with Crippen molar-refractivity contribution in [3.8, 4) is 5.75 Å². The molecule has 1 aromatic heterocycles. The van der Waals surface area contributed by atoms with Crippen LogP contribution in [0.5, 0.6) is 5.75 Å². The molecular weight excluding hydrogens is 252 g/mol. The molecule has 0 spiro atoms. The number of amides is 1. The third kappa shape index (κ3) is 2.59. The first-order valence-electron chi connectivity index (χ1n) is 5.63. The highest BCUT2D eigenvalue weighted by molar-refractivity contribution is 6.27. The monoisotopic (exact) mass is 266 g/mol. The van der Waals surface area contributed by atoms with Crippen LogP contribution < -0.4 is 10.1 Å². The van der Waals surface area contributed by atoms with E-state index in [4.69, 9.17) is 16.3 Å². The Balaban J connectivity index is 2.32. The third-order valence-corrected chi connectivity index (χ3v) is 3.00. The second-order valence-corrected chi connectivity index (χ2v) is 4.38.